The molecule has 13 heavy (non-hydrogen) atoms. The maximum absolute atomic E-state index is 8.75. The minimum Gasteiger partial charge on any atom is -0.396 e. The van der Waals surface area contributed by atoms with Gasteiger partial charge in [0.25, 0.3) is 0 Å². The highest BCUT2D eigenvalue weighted by Crippen LogP contribution is 2.34. The van der Waals surface area contributed by atoms with Gasteiger partial charge in [-0.15, -0.1) is 0 Å². The molecule has 1 heterocycles. The predicted molar refractivity (Wildman–Crippen MR) is 51.6 cm³/mol. The number of aromatic nitrogens is 1. The maximum Gasteiger partial charge on any atom is 0.0466 e. The summed E-state index contributed by atoms with van der Waals surface area (Å²) in [7, 11) is 0. The minimum atomic E-state index is 0.304. The SMILES string of the molecule is OCCCC1CCc2cccnc21. The Morgan fingerprint density at radius 3 is 3.31 bits per heavy atom. The van der Waals surface area contributed by atoms with Crippen LogP contribution in [0.15, 0.2) is 18.3 Å². The Morgan fingerprint density at radius 1 is 1.54 bits per heavy atom. The van der Waals surface area contributed by atoms with Crippen molar-refractivity contribution in [2.75, 3.05) is 6.61 Å². The second-order valence-corrected chi connectivity index (χ2v) is 3.65. The van der Waals surface area contributed by atoms with E-state index in [-0.39, 0.29) is 0 Å². The van der Waals surface area contributed by atoms with E-state index >= 15 is 0 Å². The molecular formula is C11H15NO. The summed E-state index contributed by atoms with van der Waals surface area (Å²) >= 11 is 0. The van der Waals surface area contributed by atoms with Gasteiger partial charge in [0.1, 0.15) is 0 Å². The van der Waals surface area contributed by atoms with E-state index < -0.39 is 0 Å². The summed E-state index contributed by atoms with van der Waals surface area (Å²) in [4.78, 5) is 4.41. The summed E-state index contributed by atoms with van der Waals surface area (Å²) in [5, 5.41) is 8.75. The van der Waals surface area contributed by atoms with Crippen LogP contribution in [0.1, 0.15) is 36.4 Å². The van der Waals surface area contributed by atoms with Crippen LogP contribution >= 0.6 is 0 Å². The van der Waals surface area contributed by atoms with E-state index in [0.717, 1.165) is 12.8 Å². The van der Waals surface area contributed by atoms with Crippen LogP contribution in [0, 0.1) is 0 Å². The molecule has 0 amide bonds. The number of pyridine rings is 1. The first kappa shape index (κ1) is 8.70. The lowest BCUT2D eigenvalue weighted by molar-refractivity contribution is 0.279. The normalized spacial score (nSPS) is 20.2. The van der Waals surface area contributed by atoms with Crippen LogP contribution in [0.25, 0.3) is 0 Å². The molecule has 0 aliphatic heterocycles. The van der Waals surface area contributed by atoms with E-state index in [2.05, 4.69) is 11.1 Å². The molecule has 2 heteroatoms. The fourth-order valence-corrected chi connectivity index (χ4v) is 2.12. The van der Waals surface area contributed by atoms with Gasteiger partial charge >= 0.3 is 0 Å². The quantitative estimate of drug-likeness (QED) is 0.764. The Balaban J connectivity index is 2.09. The van der Waals surface area contributed by atoms with Gasteiger partial charge in [-0.1, -0.05) is 6.07 Å². The second-order valence-electron chi connectivity index (χ2n) is 3.65. The molecule has 1 aromatic rings. The molecule has 0 spiro atoms. The van der Waals surface area contributed by atoms with Crippen molar-refractivity contribution in [3.05, 3.63) is 29.6 Å². The summed E-state index contributed by atoms with van der Waals surface area (Å²) in [6, 6.07) is 4.18. The molecule has 0 aromatic carbocycles. The minimum absolute atomic E-state index is 0.304. The average molecular weight is 177 g/mol. The third-order valence-corrected chi connectivity index (χ3v) is 2.79. The first-order valence-electron chi connectivity index (χ1n) is 4.96. The molecule has 1 aromatic heterocycles. The van der Waals surface area contributed by atoms with Gasteiger partial charge in [-0.2, -0.15) is 0 Å². The number of aliphatic hydroxyl groups is 1. The van der Waals surface area contributed by atoms with Crippen LogP contribution in [0.3, 0.4) is 0 Å². The highest BCUT2D eigenvalue weighted by Gasteiger charge is 2.22. The molecule has 2 nitrogen and oxygen atoms in total. The zero-order valence-electron chi connectivity index (χ0n) is 7.74. The summed E-state index contributed by atoms with van der Waals surface area (Å²) in [5.41, 5.74) is 2.68. The molecule has 1 aliphatic rings. The van der Waals surface area contributed by atoms with E-state index in [1.54, 1.807) is 0 Å². The number of fused-ring (bicyclic) bond motifs is 1. The Bertz CT molecular complexity index is 285. The molecule has 1 atom stereocenters. The maximum atomic E-state index is 8.75. The number of aliphatic hydroxyl groups excluding tert-OH is 1. The zero-order chi connectivity index (χ0) is 9.10. The van der Waals surface area contributed by atoms with Gasteiger partial charge in [-0.3, -0.25) is 4.98 Å². The fraction of sp³-hybridized carbons (Fsp3) is 0.545. The van der Waals surface area contributed by atoms with Gasteiger partial charge in [-0.25, -0.2) is 0 Å². The van der Waals surface area contributed by atoms with E-state index in [4.69, 9.17) is 5.11 Å². The van der Waals surface area contributed by atoms with Gasteiger partial charge in [0.05, 0.1) is 0 Å². The van der Waals surface area contributed by atoms with Crippen molar-refractivity contribution >= 4 is 0 Å². The molecule has 0 saturated carbocycles. The fourth-order valence-electron chi connectivity index (χ4n) is 2.12. The first-order chi connectivity index (χ1) is 6.42. The molecule has 0 fully saturated rings. The van der Waals surface area contributed by atoms with Crippen molar-refractivity contribution < 1.29 is 5.11 Å². The lowest BCUT2D eigenvalue weighted by atomic mass is 10.0. The Hall–Kier alpha value is -0.890. The number of rotatable bonds is 3. The van der Waals surface area contributed by atoms with Crippen LogP contribution in [0.5, 0.6) is 0 Å². The first-order valence-corrected chi connectivity index (χ1v) is 4.96. The van der Waals surface area contributed by atoms with Crippen LogP contribution in [0.4, 0.5) is 0 Å². The molecular weight excluding hydrogens is 162 g/mol. The molecule has 1 N–H and O–H groups in total. The second kappa shape index (κ2) is 3.88. The number of aryl methyl sites for hydroxylation is 1. The number of nitrogens with zero attached hydrogens (tertiary/aromatic N) is 1. The monoisotopic (exact) mass is 177 g/mol. The lowest BCUT2D eigenvalue weighted by Crippen LogP contribution is -1.97. The highest BCUT2D eigenvalue weighted by atomic mass is 16.2. The topological polar surface area (TPSA) is 33.1 Å². The highest BCUT2D eigenvalue weighted by molar-refractivity contribution is 5.28. The number of hydrogen-bond acceptors (Lipinski definition) is 2. The zero-order valence-corrected chi connectivity index (χ0v) is 7.74. The predicted octanol–water partition coefficient (Wildman–Crippen LogP) is 1.88. The molecule has 1 aliphatic carbocycles. The molecule has 2 rings (SSSR count). The van der Waals surface area contributed by atoms with Gasteiger partial charge in [0, 0.05) is 24.4 Å². The Morgan fingerprint density at radius 2 is 2.46 bits per heavy atom. The van der Waals surface area contributed by atoms with Crippen molar-refractivity contribution in [2.45, 2.75) is 31.6 Å². The lowest BCUT2D eigenvalue weighted by Gasteiger charge is -2.08. The third kappa shape index (κ3) is 1.73. The third-order valence-electron chi connectivity index (χ3n) is 2.79. The van der Waals surface area contributed by atoms with E-state index in [1.165, 1.54) is 24.1 Å². The van der Waals surface area contributed by atoms with E-state index in [0.29, 0.717) is 12.5 Å². The van der Waals surface area contributed by atoms with Gasteiger partial charge < -0.3 is 5.11 Å². The van der Waals surface area contributed by atoms with Gasteiger partial charge in [0.2, 0.25) is 0 Å². The van der Waals surface area contributed by atoms with Crippen molar-refractivity contribution in [1.82, 2.24) is 4.98 Å². The van der Waals surface area contributed by atoms with E-state index in [1.807, 2.05) is 12.3 Å². The van der Waals surface area contributed by atoms with Crippen LogP contribution in [-0.4, -0.2) is 16.7 Å². The summed E-state index contributed by atoms with van der Waals surface area (Å²) in [6.07, 6.45) is 6.24. The summed E-state index contributed by atoms with van der Waals surface area (Å²) in [6.45, 7) is 0.304. The molecule has 70 valence electrons. The number of hydrogen-bond donors (Lipinski definition) is 1. The van der Waals surface area contributed by atoms with Crippen molar-refractivity contribution in [1.29, 1.82) is 0 Å². The van der Waals surface area contributed by atoms with Gasteiger partial charge in [-0.05, 0) is 37.3 Å². The van der Waals surface area contributed by atoms with Crippen molar-refractivity contribution in [2.24, 2.45) is 0 Å². The Labute approximate surface area is 78.6 Å². The largest absolute Gasteiger partial charge is 0.396 e. The summed E-state index contributed by atoms with van der Waals surface area (Å²) < 4.78 is 0. The van der Waals surface area contributed by atoms with E-state index in [9.17, 15) is 0 Å². The summed E-state index contributed by atoms with van der Waals surface area (Å²) in [5.74, 6) is 0.600. The smallest absolute Gasteiger partial charge is 0.0466 e. The van der Waals surface area contributed by atoms with Crippen molar-refractivity contribution in [3.8, 4) is 0 Å². The van der Waals surface area contributed by atoms with Crippen LogP contribution in [-0.2, 0) is 6.42 Å². The molecule has 1 unspecified atom stereocenters. The van der Waals surface area contributed by atoms with Crippen molar-refractivity contribution in [3.63, 3.8) is 0 Å². The Kier molecular flexibility index (Phi) is 2.60. The molecule has 0 saturated heterocycles. The van der Waals surface area contributed by atoms with Crippen LogP contribution < -0.4 is 0 Å². The molecule has 0 bridgehead atoms. The molecule has 0 radical (unpaired) electrons. The van der Waals surface area contributed by atoms with Gasteiger partial charge in [0.15, 0.2) is 0 Å². The van der Waals surface area contributed by atoms with Crippen LogP contribution in [0.2, 0.25) is 0 Å². The average Bonchev–Trinajstić information content (AvgIpc) is 2.58. The standard InChI is InChI=1S/C11H15NO/c13-8-2-4-10-6-5-9-3-1-7-12-11(9)10/h1,3,7,10,13H,2,4-6,8H2.